The molecule has 6 heteroatoms. The molecule has 2 aromatic heterocycles. The van der Waals surface area contributed by atoms with E-state index in [1.54, 1.807) is 10.7 Å². The fourth-order valence-electron chi connectivity index (χ4n) is 3.41. The molecule has 3 aromatic rings. The van der Waals surface area contributed by atoms with Crippen molar-refractivity contribution in [1.82, 2.24) is 19.5 Å². The maximum Gasteiger partial charge on any atom is 0.272 e. The number of benzene rings is 1. The number of carbonyl (C=O) groups is 1. The van der Waals surface area contributed by atoms with Gasteiger partial charge in [0.1, 0.15) is 5.69 Å². The van der Waals surface area contributed by atoms with Gasteiger partial charge >= 0.3 is 0 Å². The molecule has 6 nitrogen and oxygen atoms in total. The van der Waals surface area contributed by atoms with Gasteiger partial charge in [-0.2, -0.15) is 5.10 Å². The Balaban J connectivity index is 1.50. The molecule has 0 bridgehead atoms. The van der Waals surface area contributed by atoms with Crippen LogP contribution in [-0.2, 0) is 0 Å². The minimum absolute atomic E-state index is 0.00349. The van der Waals surface area contributed by atoms with Crippen molar-refractivity contribution in [3.05, 3.63) is 59.5 Å². The molecule has 0 spiro atoms. The fourth-order valence-corrected chi connectivity index (χ4v) is 3.41. The molecule has 25 heavy (non-hydrogen) atoms. The molecule has 0 saturated carbocycles. The summed E-state index contributed by atoms with van der Waals surface area (Å²) in [6, 6.07) is 12.0. The number of para-hydroxylation sites is 1. The molecule has 1 saturated heterocycles. The maximum atomic E-state index is 12.8. The van der Waals surface area contributed by atoms with Gasteiger partial charge in [0.05, 0.1) is 6.20 Å². The van der Waals surface area contributed by atoms with Crippen molar-refractivity contribution in [3.8, 4) is 0 Å². The summed E-state index contributed by atoms with van der Waals surface area (Å²) >= 11 is 0. The monoisotopic (exact) mass is 335 g/mol. The molecule has 1 aliphatic rings. The van der Waals surface area contributed by atoms with Crippen LogP contribution in [0.3, 0.4) is 0 Å². The van der Waals surface area contributed by atoms with E-state index in [2.05, 4.69) is 46.2 Å². The largest absolute Gasteiger partial charge is 0.368 e. The second-order valence-corrected chi connectivity index (χ2v) is 6.45. The van der Waals surface area contributed by atoms with E-state index in [0.717, 1.165) is 18.8 Å². The smallest absolute Gasteiger partial charge is 0.272 e. The highest BCUT2D eigenvalue weighted by Gasteiger charge is 2.24. The fraction of sp³-hybridized carbons (Fsp3) is 0.316. The Morgan fingerprint density at radius 3 is 2.56 bits per heavy atom. The molecule has 128 valence electrons. The Hall–Kier alpha value is -2.89. The van der Waals surface area contributed by atoms with E-state index in [4.69, 9.17) is 0 Å². The summed E-state index contributed by atoms with van der Waals surface area (Å²) in [5.74, 6) is -0.00349. The second-order valence-electron chi connectivity index (χ2n) is 6.45. The van der Waals surface area contributed by atoms with Crippen molar-refractivity contribution < 1.29 is 4.79 Å². The lowest BCUT2D eigenvalue weighted by molar-refractivity contribution is 0.0741. The lowest BCUT2D eigenvalue weighted by atomic mass is 10.1. The normalized spacial score (nSPS) is 15.0. The first kappa shape index (κ1) is 15.6. The zero-order valence-electron chi connectivity index (χ0n) is 14.5. The number of hydrogen-bond donors (Lipinski definition) is 0. The van der Waals surface area contributed by atoms with Gasteiger partial charge in [0.15, 0.2) is 5.65 Å². The van der Waals surface area contributed by atoms with Crippen LogP contribution >= 0.6 is 0 Å². The van der Waals surface area contributed by atoms with Crippen LogP contribution in [0.1, 0.15) is 21.7 Å². The topological polar surface area (TPSA) is 53.7 Å². The van der Waals surface area contributed by atoms with Gasteiger partial charge in [0.2, 0.25) is 0 Å². The number of hydrogen-bond acceptors (Lipinski definition) is 4. The molecule has 1 aliphatic heterocycles. The predicted octanol–water partition coefficient (Wildman–Crippen LogP) is 2.31. The van der Waals surface area contributed by atoms with Crippen LogP contribution in [-0.4, -0.2) is 51.6 Å². The molecule has 0 aliphatic carbocycles. The number of nitrogens with zero attached hydrogens (tertiary/aromatic N) is 5. The van der Waals surface area contributed by atoms with Crippen LogP contribution in [0.5, 0.6) is 0 Å². The molecule has 1 aromatic carbocycles. The first-order valence-electron chi connectivity index (χ1n) is 8.55. The number of aryl methyl sites for hydroxylation is 2. The van der Waals surface area contributed by atoms with Crippen LogP contribution in [0.15, 0.2) is 42.6 Å². The minimum atomic E-state index is -0.00349. The Labute approximate surface area is 146 Å². The van der Waals surface area contributed by atoms with Crippen molar-refractivity contribution in [1.29, 1.82) is 0 Å². The summed E-state index contributed by atoms with van der Waals surface area (Å²) in [5, 5.41) is 4.21. The molecule has 4 rings (SSSR count). The lowest BCUT2D eigenvalue weighted by Crippen LogP contribution is -2.49. The molecule has 0 unspecified atom stereocenters. The third-order valence-electron chi connectivity index (χ3n) is 4.78. The summed E-state index contributed by atoms with van der Waals surface area (Å²) in [7, 11) is 0. The first-order valence-corrected chi connectivity index (χ1v) is 8.55. The number of aromatic nitrogens is 3. The zero-order chi connectivity index (χ0) is 17.4. The summed E-state index contributed by atoms with van der Waals surface area (Å²) in [4.78, 5) is 21.5. The Morgan fingerprint density at radius 2 is 1.80 bits per heavy atom. The van der Waals surface area contributed by atoms with Gasteiger partial charge in [0.25, 0.3) is 5.91 Å². The molecule has 3 heterocycles. The van der Waals surface area contributed by atoms with Gasteiger partial charge in [-0.15, -0.1) is 0 Å². The van der Waals surface area contributed by atoms with Gasteiger partial charge in [-0.25, -0.2) is 9.50 Å². The van der Waals surface area contributed by atoms with E-state index in [-0.39, 0.29) is 5.91 Å². The number of rotatable bonds is 2. The lowest BCUT2D eigenvalue weighted by Gasteiger charge is -2.36. The number of carbonyl (C=O) groups excluding carboxylic acids is 1. The van der Waals surface area contributed by atoms with Crippen LogP contribution in [0.25, 0.3) is 5.65 Å². The average Bonchev–Trinajstić information content (AvgIpc) is 3.11. The van der Waals surface area contributed by atoms with Crippen LogP contribution in [0.4, 0.5) is 5.69 Å². The predicted molar refractivity (Wildman–Crippen MR) is 97.0 cm³/mol. The quantitative estimate of drug-likeness (QED) is 0.721. The number of piperazine rings is 1. The van der Waals surface area contributed by atoms with E-state index in [0.29, 0.717) is 24.4 Å². The van der Waals surface area contributed by atoms with E-state index in [1.165, 1.54) is 11.3 Å². The summed E-state index contributed by atoms with van der Waals surface area (Å²) in [6.45, 7) is 7.15. The van der Waals surface area contributed by atoms with Crippen molar-refractivity contribution in [3.63, 3.8) is 0 Å². The first-order chi connectivity index (χ1) is 12.1. The Kier molecular flexibility index (Phi) is 3.87. The van der Waals surface area contributed by atoms with Gasteiger partial charge in [-0.05, 0) is 31.5 Å². The van der Waals surface area contributed by atoms with E-state index < -0.39 is 0 Å². The van der Waals surface area contributed by atoms with Crippen LogP contribution in [0.2, 0.25) is 0 Å². The second kappa shape index (κ2) is 6.20. The number of fused-ring (bicyclic) bond motifs is 1. The van der Waals surface area contributed by atoms with Gasteiger partial charge in [0, 0.05) is 43.6 Å². The minimum Gasteiger partial charge on any atom is -0.368 e. The van der Waals surface area contributed by atoms with E-state index >= 15 is 0 Å². The maximum absolute atomic E-state index is 12.8. The van der Waals surface area contributed by atoms with Crippen molar-refractivity contribution in [2.24, 2.45) is 0 Å². The third-order valence-corrected chi connectivity index (χ3v) is 4.78. The Morgan fingerprint density at radius 1 is 1.04 bits per heavy atom. The zero-order valence-corrected chi connectivity index (χ0v) is 14.5. The molecular weight excluding hydrogens is 314 g/mol. The van der Waals surface area contributed by atoms with Crippen LogP contribution < -0.4 is 4.90 Å². The van der Waals surface area contributed by atoms with Gasteiger partial charge in [-0.3, -0.25) is 4.79 Å². The molecule has 0 atom stereocenters. The molecule has 1 fully saturated rings. The Bertz CT molecular complexity index is 924. The number of anilines is 1. The highest BCUT2D eigenvalue weighted by Crippen LogP contribution is 2.21. The SMILES string of the molecule is Cc1ccccc1N1CCN(C(=O)c2cc(C)n3nccc3n2)CC1. The van der Waals surface area contributed by atoms with Gasteiger partial charge in [-0.1, -0.05) is 18.2 Å². The average molecular weight is 335 g/mol. The summed E-state index contributed by atoms with van der Waals surface area (Å²) in [6.07, 6.45) is 1.70. The summed E-state index contributed by atoms with van der Waals surface area (Å²) in [5.41, 5.74) is 4.64. The highest BCUT2D eigenvalue weighted by molar-refractivity contribution is 5.93. The van der Waals surface area contributed by atoms with E-state index in [1.807, 2.05) is 24.0 Å². The van der Waals surface area contributed by atoms with Crippen LogP contribution in [0, 0.1) is 13.8 Å². The molecular formula is C19H21N5O. The summed E-state index contributed by atoms with van der Waals surface area (Å²) < 4.78 is 1.74. The third kappa shape index (κ3) is 2.84. The number of amides is 1. The van der Waals surface area contributed by atoms with E-state index in [9.17, 15) is 4.79 Å². The van der Waals surface area contributed by atoms with Gasteiger partial charge < -0.3 is 9.80 Å². The standard InChI is InChI=1S/C19H21N5O/c1-14-5-3-4-6-17(14)22-9-11-23(12-10-22)19(25)16-13-15(2)24-18(21-16)7-8-20-24/h3-8,13H,9-12H2,1-2H3. The van der Waals surface area contributed by atoms with Crippen molar-refractivity contribution in [2.45, 2.75) is 13.8 Å². The van der Waals surface area contributed by atoms with Crippen molar-refractivity contribution >= 4 is 17.2 Å². The molecule has 1 amide bonds. The molecule has 0 N–H and O–H groups in total. The highest BCUT2D eigenvalue weighted by atomic mass is 16.2. The molecule has 0 radical (unpaired) electrons. The van der Waals surface area contributed by atoms with Crippen molar-refractivity contribution in [2.75, 3.05) is 31.1 Å².